The predicted molar refractivity (Wildman–Crippen MR) is 79.6 cm³/mol. The summed E-state index contributed by atoms with van der Waals surface area (Å²) in [5.41, 5.74) is -0.0815. The zero-order valence-electron chi connectivity index (χ0n) is 11.4. The number of rotatable bonds is 5. The summed E-state index contributed by atoms with van der Waals surface area (Å²) in [5.74, 6) is -0.477. The van der Waals surface area contributed by atoms with Crippen molar-refractivity contribution >= 4 is 34.0 Å². The first-order valence-electron chi connectivity index (χ1n) is 6.69. The lowest BCUT2D eigenvalue weighted by Crippen LogP contribution is -2.35. The maximum atomic E-state index is 11.5. The van der Waals surface area contributed by atoms with Crippen molar-refractivity contribution in [2.75, 3.05) is 25.6 Å². The fourth-order valence-electron chi connectivity index (χ4n) is 2.55. The van der Waals surface area contributed by atoms with Crippen molar-refractivity contribution in [1.82, 2.24) is 4.98 Å². The second kappa shape index (κ2) is 6.74. The minimum atomic E-state index is -0.477. The third kappa shape index (κ3) is 3.42. The number of aliphatic hydroxyl groups excluding tert-OH is 1. The van der Waals surface area contributed by atoms with E-state index in [9.17, 15) is 9.90 Å². The molecule has 7 heteroatoms. The molecule has 112 valence electrons. The summed E-state index contributed by atoms with van der Waals surface area (Å²) in [7, 11) is 1.31. The van der Waals surface area contributed by atoms with Crippen molar-refractivity contribution in [1.29, 1.82) is 0 Å². The third-order valence-corrected chi connectivity index (χ3v) is 5.20. The number of anilines is 1. The van der Waals surface area contributed by atoms with Gasteiger partial charge in [-0.25, -0.2) is 9.78 Å². The quantitative estimate of drug-likeness (QED) is 0.817. The molecular weight excluding hydrogens is 300 g/mol. The number of hydrogen-bond donors (Lipinski definition) is 2. The molecule has 0 amide bonds. The molecule has 2 rings (SSSR count). The monoisotopic (exact) mass is 318 g/mol. The molecule has 1 aliphatic rings. The Kier molecular flexibility index (Phi) is 5.23. The first-order chi connectivity index (χ1) is 9.60. The number of ether oxygens (including phenoxy) is 1. The van der Waals surface area contributed by atoms with E-state index in [-0.39, 0.29) is 17.2 Å². The summed E-state index contributed by atoms with van der Waals surface area (Å²) in [6.07, 6.45) is 5.55. The van der Waals surface area contributed by atoms with Crippen LogP contribution in [0.25, 0.3) is 0 Å². The largest absolute Gasteiger partial charge is 0.465 e. The van der Waals surface area contributed by atoms with E-state index in [2.05, 4.69) is 15.0 Å². The Balaban J connectivity index is 2.01. The average Bonchev–Trinajstić information content (AvgIpc) is 2.86. The summed E-state index contributed by atoms with van der Waals surface area (Å²) in [6, 6.07) is 0. The molecule has 1 aromatic rings. The van der Waals surface area contributed by atoms with Crippen LogP contribution in [0.4, 0.5) is 5.13 Å². The highest BCUT2D eigenvalue weighted by atomic mass is 35.5. The Hall–Kier alpha value is -0.850. The second-order valence-corrected chi connectivity index (χ2v) is 6.56. The normalized spacial score (nSPS) is 17.8. The van der Waals surface area contributed by atoms with Crippen molar-refractivity contribution in [3.8, 4) is 0 Å². The Bertz CT molecular complexity index is 472. The van der Waals surface area contributed by atoms with E-state index in [0.717, 1.165) is 25.7 Å². The number of hydrogen-bond acceptors (Lipinski definition) is 6. The van der Waals surface area contributed by atoms with Gasteiger partial charge in [-0.1, -0.05) is 42.2 Å². The van der Waals surface area contributed by atoms with Crippen LogP contribution in [0.5, 0.6) is 0 Å². The molecule has 1 fully saturated rings. The van der Waals surface area contributed by atoms with Crippen molar-refractivity contribution in [2.45, 2.75) is 32.1 Å². The average molecular weight is 319 g/mol. The molecule has 0 unspecified atom stereocenters. The number of carbonyl (C=O) groups is 1. The highest BCUT2D eigenvalue weighted by Gasteiger charge is 2.31. The van der Waals surface area contributed by atoms with Crippen molar-refractivity contribution in [3.05, 3.63) is 10.0 Å². The van der Waals surface area contributed by atoms with Crippen molar-refractivity contribution in [3.63, 3.8) is 0 Å². The van der Waals surface area contributed by atoms with Gasteiger partial charge in [0.1, 0.15) is 0 Å². The first kappa shape index (κ1) is 15.5. The van der Waals surface area contributed by atoms with E-state index in [1.165, 1.54) is 24.9 Å². The highest BCUT2D eigenvalue weighted by Crippen LogP contribution is 2.36. The summed E-state index contributed by atoms with van der Waals surface area (Å²) in [6.45, 7) is 0.816. The summed E-state index contributed by atoms with van der Waals surface area (Å²) in [4.78, 5) is 15.9. The lowest BCUT2D eigenvalue weighted by atomic mass is 9.74. The van der Waals surface area contributed by atoms with Gasteiger partial charge in [0.25, 0.3) is 0 Å². The van der Waals surface area contributed by atoms with Crippen LogP contribution in [0.3, 0.4) is 0 Å². The summed E-state index contributed by atoms with van der Waals surface area (Å²) < 4.78 is 4.65. The van der Waals surface area contributed by atoms with Crippen LogP contribution in [-0.4, -0.2) is 36.3 Å². The van der Waals surface area contributed by atoms with Crippen molar-refractivity contribution in [2.24, 2.45) is 5.41 Å². The van der Waals surface area contributed by atoms with Gasteiger partial charge in [-0.05, 0) is 12.8 Å². The molecule has 20 heavy (non-hydrogen) atoms. The van der Waals surface area contributed by atoms with Gasteiger partial charge in [-0.2, -0.15) is 0 Å². The van der Waals surface area contributed by atoms with Gasteiger partial charge >= 0.3 is 5.97 Å². The molecule has 0 aliphatic heterocycles. The standard InChI is InChI=1S/C13H19ClN2O3S/c1-19-11(18)9-10(14)16-12(20-9)15-7-13(8-17)5-3-2-4-6-13/h17H,2-8H2,1H3,(H,15,16). The third-order valence-electron chi connectivity index (χ3n) is 3.82. The molecule has 0 bridgehead atoms. The molecule has 0 radical (unpaired) electrons. The van der Waals surface area contributed by atoms with Crippen LogP contribution >= 0.6 is 22.9 Å². The van der Waals surface area contributed by atoms with Crippen LogP contribution in [0.2, 0.25) is 5.15 Å². The number of aliphatic hydroxyl groups is 1. The van der Waals surface area contributed by atoms with E-state index in [0.29, 0.717) is 16.6 Å². The second-order valence-electron chi connectivity index (χ2n) is 5.20. The Morgan fingerprint density at radius 2 is 2.20 bits per heavy atom. The topological polar surface area (TPSA) is 71.5 Å². The maximum Gasteiger partial charge on any atom is 0.351 e. The molecule has 1 heterocycles. The molecule has 2 N–H and O–H groups in total. The lowest BCUT2D eigenvalue weighted by molar-refractivity contribution is 0.0606. The van der Waals surface area contributed by atoms with Crippen LogP contribution in [0.1, 0.15) is 41.8 Å². The molecule has 0 atom stereocenters. The number of nitrogens with zero attached hydrogens (tertiary/aromatic N) is 1. The molecule has 1 aromatic heterocycles. The van der Waals surface area contributed by atoms with Gasteiger partial charge in [-0.15, -0.1) is 0 Å². The number of thiazole rings is 1. The van der Waals surface area contributed by atoms with E-state index in [1.807, 2.05) is 0 Å². The van der Waals surface area contributed by atoms with E-state index < -0.39 is 5.97 Å². The van der Waals surface area contributed by atoms with Gasteiger partial charge < -0.3 is 15.2 Å². The predicted octanol–water partition coefficient (Wildman–Crippen LogP) is 2.94. The first-order valence-corrected chi connectivity index (χ1v) is 7.89. The minimum absolute atomic E-state index is 0.0815. The van der Waals surface area contributed by atoms with Gasteiger partial charge in [0.15, 0.2) is 15.2 Å². The Morgan fingerprint density at radius 3 is 2.80 bits per heavy atom. The Labute approximate surface area is 127 Å². The van der Waals surface area contributed by atoms with Gasteiger partial charge in [0.05, 0.1) is 13.7 Å². The number of esters is 1. The van der Waals surface area contributed by atoms with Crippen molar-refractivity contribution < 1.29 is 14.6 Å². The molecular formula is C13H19ClN2O3S. The number of carbonyl (C=O) groups excluding carboxylic acids is 1. The number of aromatic nitrogens is 1. The number of methoxy groups -OCH3 is 1. The van der Waals surface area contributed by atoms with Gasteiger partial charge in [0.2, 0.25) is 0 Å². The molecule has 1 aliphatic carbocycles. The molecule has 0 saturated heterocycles. The molecule has 0 aromatic carbocycles. The minimum Gasteiger partial charge on any atom is -0.465 e. The lowest BCUT2D eigenvalue weighted by Gasteiger charge is -2.35. The smallest absolute Gasteiger partial charge is 0.351 e. The summed E-state index contributed by atoms with van der Waals surface area (Å²) in [5, 5.41) is 13.6. The van der Waals surface area contributed by atoms with Crippen LogP contribution in [0, 0.1) is 5.41 Å². The SMILES string of the molecule is COC(=O)c1sc(NCC2(CO)CCCCC2)nc1Cl. The zero-order valence-corrected chi connectivity index (χ0v) is 13.0. The maximum absolute atomic E-state index is 11.5. The molecule has 1 saturated carbocycles. The van der Waals surface area contributed by atoms with Crippen LogP contribution in [-0.2, 0) is 4.74 Å². The van der Waals surface area contributed by atoms with Gasteiger partial charge in [-0.3, -0.25) is 0 Å². The molecule has 5 nitrogen and oxygen atoms in total. The van der Waals surface area contributed by atoms with E-state index in [1.54, 1.807) is 0 Å². The Morgan fingerprint density at radius 1 is 1.50 bits per heavy atom. The molecule has 0 spiro atoms. The summed E-state index contributed by atoms with van der Waals surface area (Å²) >= 11 is 7.10. The zero-order chi connectivity index (χ0) is 14.6. The number of halogens is 1. The van der Waals surface area contributed by atoms with Crippen LogP contribution < -0.4 is 5.32 Å². The van der Waals surface area contributed by atoms with E-state index >= 15 is 0 Å². The van der Waals surface area contributed by atoms with Crippen LogP contribution in [0.15, 0.2) is 0 Å². The van der Waals surface area contributed by atoms with E-state index in [4.69, 9.17) is 11.6 Å². The highest BCUT2D eigenvalue weighted by molar-refractivity contribution is 7.18. The fraction of sp³-hybridized carbons (Fsp3) is 0.692. The fourth-order valence-corrected chi connectivity index (χ4v) is 3.65. The number of nitrogens with one attached hydrogen (secondary N) is 1. The van der Waals surface area contributed by atoms with Gasteiger partial charge in [0, 0.05) is 12.0 Å².